The highest BCUT2D eigenvalue weighted by atomic mass is 16.6. The molecule has 0 spiro atoms. The van der Waals surface area contributed by atoms with Gasteiger partial charge in [0, 0.05) is 19.3 Å². The molecule has 0 saturated heterocycles. The lowest BCUT2D eigenvalue weighted by Gasteiger charge is -2.18. The van der Waals surface area contributed by atoms with Crippen molar-refractivity contribution in [3.8, 4) is 0 Å². The Morgan fingerprint density at radius 1 is 0.333 bits per heavy atom. The lowest BCUT2D eigenvalue weighted by atomic mass is 10.1. The molecule has 0 amide bonds. The second-order valence-corrected chi connectivity index (χ2v) is 17.4. The minimum atomic E-state index is -0.796. The smallest absolute Gasteiger partial charge is 0.306 e. The molecule has 0 aliphatic rings. The van der Waals surface area contributed by atoms with Gasteiger partial charge in [-0.3, -0.25) is 14.4 Å². The van der Waals surface area contributed by atoms with E-state index < -0.39 is 6.10 Å². The highest BCUT2D eigenvalue weighted by Gasteiger charge is 2.19. The SMILES string of the molecule is CC/C=C\C/C=C\C/C=C\C/C=C\CCCCC(=O)OC(COC(=O)CCCCCCCCCCC)COC(=O)CCCCCCCCCCC/C=C\C/C=C\CCCCCCC. The lowest BCUT2D eigenvalue weighted by Crippen LogP contribution is -2.30. The van der Waals surface area contributed by atoms with Crippen LogP contribution in [-0.4, -0.2) is 37.2 Å². The van der Waals surface area contributed by atoms with Gasteiger partial charge in [0.2, 0.25) is 0 Å². The average molecular weight is 879 g/mol. The fourth-order valence-corrected chi connectivity index (χ4v) is 7.23. The first-order valence-corrected chi connectivity index (χ1v) is 26.4. The number of carbonyl (C=O) groups is 3. The van der Waals surface area contributed by atoms with Gasteiger partial charge >= 0.3 is 17.9 Å². The summed E-state index contributed by atoms with van der Waals surface area (Å²) in [5.74, 6) is -0.939. The minimum absolute atomic E-state index is 0.0924. The zero-order valence-corrected chi connectivity index (χ0v) is 41.3. The van der Waals surface area contributed by atoms with Gasteiger partial charge in [0.15, 0.2) is 6.10 Å². The molecule has 0 fully saturated rings. The van der Waals surface area contributed by atoms with E-state index in [1.807, 2.05) is 0 Å². The third-order valence-corrected chi connectivity index (χ3v) is 11.2. The van der Waals surface area contributed by atoms with Crippen molar-refractivity contribution in [2.75, 3.05) is 13.2 Å². The van der Waals surface area contributed by atoms with Crippen LogP contribution in [0.15, 0.2) is 72.9 Å². The quantitative estimate of drug-likeness (QED) is 0.0262. The predicted octanol–water partition coefficient (Wildman–Crippen LogP) is 17.4. The Morgan fingerprint density at radius 2 is 0.619 bits per heavy atom. The van der Waals surface area contributed by atoms with Gasteiger partial charge in [-0.2, -0.15) is 0 Å². The van der Waals surface area contributed by atoms with E-state index in [1.165, 1.54) is 122 Å². The molecule has 0 aliphatic carbocycles. The van der Waals surface area contributed by atoms with Crippen LogP contribution in [0.3, 0.4) is 0 Å². The molecule has 0 aliphatic heterocycles. The van der Waals surface area contributed by atoms with E-state index in [9.17, 15) is 14.4 Å². The van der Waals surface area contributed by atoms with Crippen LogP contribution in [0, 0.1) is 0 Å². The van der Waals surface area contributed by atoms with Crippen molar-refractivity contribution in [3.63, 3.8) is 0 Å². The van der Waals surface area contributed by atoms with Gasteiger partial charge in [-0.05, 0) is 89.9 Å². The van der Waals surface area contributed by atoms with Gasteiger partial charge in [-0.25, -0.2) is 0 Å². The van der Waals surface area contributed by atoms with E-state index in [-0.39, 0.29) is 37.5 Å². The van der Waals surface area contributed by atoms with E-state index in [1.54, 1.807) is 0 Å². The van der Waals surface area contributed by atoms with Crippen molar-refractivity contribution < 1.29 is 28.6 Å². The highest BCUT2D eigenvalue weighted by molar-refractivity contribution is 5.71. The van der Waals surface area contributed by atoms with Crippen molar-refractivity contribution in [1.82, 2.24) is 0 Å². The molecule has 1 unspecified atom stereocenters. The van der Waals surface area contributed by atoms with E-state index in [4.69, 9.17) is 14.2 Å². The van der Waals surface area contributed by atoms with Gasteiger partial charge < -0.3 is 14.2 Å². The molecule has 0 aromatic rings. The first-order valence-electron chi connectivity index (χ1n) is 26.4. The van der Waals surface area contributed by atoms with Crippen molar-refractivity contribution in [2.24, 2.45) is 0 Å². The summed E-state index contributed by atoms with van der Waals surface area (Å²) in [7, 11) is 0. The third-order valence-electron chi connectivity index (χ3n) is 11.2. The van der Waals surface area contributed by atoms with Crippen LogP contribution in [0.25, 0.3) is 0 Å². The lowest BCUT2D eigenvalue weighted by molar-refractivity contribution is -0.167. The molecule has 0 bridgehead atoms. The summed E-state index contributed by atoms with van der Waals surface area (Å²) in [5.41, 5.74) is 0. The Bertz CT molecular complexity index is 1190. The Labute approximate surface area is 389 Å². The molecule has 0 radical (unpaired) electrons. The highest BCUT2D eigenvalue weighted by Crippen LogP contribution is 2.14. The third kappa shape index (κ3) is 49.7. The zero-order valence-electron chi connectivity index (χ0n) is 41.3. The number of hydrogen-bond donors (Lipinski definition) is 0. The van der Waals surface area contributed by atoms with E-state index in [2.05, 4.69) is 93.7 Å². The first-order chi connectivity index (χ1) is 31.0. The van der Waals surface area contributed by atoms with Crippen LogP contribution < -0.4 is 0 Å². The minimum Gasteiger partial charge on any atom is -0.462 e. The fourth-order valence-electron chi connectivity index (χ4n) is 7.23. The molecule has 0 aromatic heterocycles. The van der Waals surface area contributed by atoms with Crippen LogP contribution in [0.5, 0.6) is 0 Å². The summed E-state index contributed by atoms with van der Waals surface area (Å²) in [6.07, 6.45) is 64.7. The van der Waals surface area contributed by atoms with Gasteiger partial charge in [0.1, 0.15) is 13.2 Å². The number of unbranched alkanes of at least 4 members (excludes halogenated alkanes) is 24. The van der Waals surface area contributed by atoms with Crippen LogP contribution in [-0.2, 0) is 28.6 Å². The molecule has 63 heavy (non-hydrogen) atoms. The number of ether oxygens (including phenoxy) is 3. The Balaban J connectivity index is 4.34. The monoisotopic (exact) mass is 879 g/mol. The maximum Gasteiger partial charge on any atom is 0.306 e. The van der Waals surface area contributed by atoms with Crippen LogP contribution >= 0.6 is 0 Å². The second kappa shape index (κ2) is 51.5. The summed E-state index contributed by atoms with van der Waals surface area (Å²) in [6.45, 7) is 6.46. The van der Waals surface area contributed by atoms with Crippen LogP contribution in [0.1, 0.15) is 252 Å². The molecule has 0 aromatic carbocycles. The largest absolute Gasteiger partial charge is 0.462 e. The molecular weight excluding hydrogens is 781 g/mol. The summed E-state index contributed by atoms with van der Waals surface area (Å²) in [6, 6.07) is 0. The maximum atomic E-state index is 12.8. The molecule has 0 saturated carbocycles. The zero-order chi connectivity index (χ0) is 45.8. The van der Waals surface area contributed by atoms with Crippen LogP contribution in [0.4, 0.5) is 0 Å². The van der Waals surface area contributed by atoms with Crippen molar-refractivity contribution in [3.05, 3.63) is 72.9 Å². The Kier molecular flexibility index (Phi) is 48.9. The number of esters is 3. The summed E-state index contributed by atoms with van der Waals surface area (Å²) in [5, 5.41) is 0. The Hall–Kier alpha value is -3.15. The van der Waals surface area contributed by atoms with E-state index in [0.717, 1.165) is 83.5 Å². The molecule has 6 nitrogen and oxygen atoms in total. The van der Waals surface area contributed by atoms with Crippen molar-refractivity contribution in [1.29, 1.82) is 0 Å². The fraction of sp³-hybridized carbons (Fsp3) is 0.737. The number of hydrogen-bond acceptors (Lipinski definition) is 6. The second-order valence-electron chi connectivity index (χ2n) is 17.4. The molecule has 0 heterocycles. The topological polar surface area (TPSA) is 78.9 Å². The summed E-state index contributed by atoms with van der Waals surface area (Å²) in [4.78, 5) is 37.9. The van der Waals surface area contributed by atoms with Gasteiger partial charge in [0.25, 0.3) is 0 Å². The maximum absolute atomic E-state index is 12.8. The normalized spacial score (nSPS) is 12.6. The summed E-state index contributed by atoms with van der Waals surface area (Å²) >= 11 is 0. The summed E-state index contributed by atoms with van der Waals surface area (Å²) < 4.78 is 16.7. The van der Waals surface area contributed by atoms with Gasteiger partial charge in [-0.1, -0.05) is 216 Å². The Morgan fingerprint density at radius 3 is 1.00 bits per heavy atom. The molecule has 1 atom stereocenters. The molecular formula is C57H98O6. The average Bonchev–Trinajstić information content (AvgIpc) is 3.28. The van der Waals surface area contributed by atoms with Crippen molar-refractivity contribution >= 4 is 17.9 Å². The van der Waals surface area contributed by atoms with Gasteiger partial charge in [0.05, 0.1) is 0 Å². The molecule has 6 heteroatoms. The number of carbonyl (C=O) groups excluding carboxylic acids is 3. The van der Waals surface area contributed by atoms with Crippen LogP contribution in [0.2, 0.25) is 0 Å². The number of allylic oxidation sites excluding steroid dienone is 12. The van der Waals surface area contributed by atoms with E-state index in [0.29, 0.717) is 19.3 Å². The van der Waals surface area contributed by atoms with Gasteiger partial charge in [-0.15, -0.1) is 0 Å². The molecule has 0 rings (SSSR count). The molecule has 0 N–H and O–H groups in total. The standard InChI is InChI=1S/C57H98O6/c1-4-7-10-13-16-19-21-23-25-26-27-28-29-30-32-33-35-38-41-44-47-50-56(59)62-53-54(52-61-55(58)49-46-43-40-37-18-15-12-9-6-3)63-57(60)51-48-45-42-39-36-34-31-24-22-20-17-14-11-8-5-2/h8,11,17,20-21,23-24,26-27,31,36,39,54H,4-7,9-10,12-16,18-19,22,25,28-30,32-35,37-38,40-53H2,1-3H3/b11-8-,20-17-,23-21-,27-26-,31-24-,39-36-. The predicted molar refractivity (Wildman–Crippen MR) is 270 cm³/mol. The van der Waals surface area contributed by atoms with E-state index >= 15 is 0 Å². The first kappa shape index (κ1) is 59.9. The number of rotatable bonds is 47. The van der Waals surface area contributed by atoms with Crippen molar-refractivity contribution in [2.45, 2.75) is 258 Å². The molecule has 362 valence electrons.